The number of fused-ring (bicyclic) bond motifs is 2. The highest BCUT2D eigenvalue weighted by Gasteiger charge is 2.46. The average Bonchev–Trinajstić information content (AvgIpc) is 3.54. The van der Waals surface area contributed by atoms with Crippen LogP contribution in [0, 0.1) is 11.3 Å². The molecule has 3 aliphatic heterocycles. The molecule has 2 fully saturated rings. The fraction of sp³-hybridized carbons (Fsp3) is 0.636. The fourth-order valence-corrected chi connectivity index (χ4v) is 8.78. The number of amides is 1. The van der Waals surface area contributed by atoms with Crippen molar-refractivity contribution in [1.82, 2.24) is 15.6 Å². The molecule has 0 radical (unpaired) electrons. The first-order valence-electron chi connectivity index (χ1n) is 15.8. The summed E-state index contributed by atoms with van der Waals surface area (Å²) in [5, 5.41) is 18.2. The third kappa shape index (κ3) is 7.32. The Morgan fingerprint density at radius 1 is 1.16 bits per heavy atom. The van der Waals surface area contributed by atoms with Gasteiger partial charge in [0.1, 0.15) is 5.60 Å². The molecule has 1 unspecified atom stereocenters. The molecule has 6 rings (SSSR count). The lowest BCUT2D eigenvalue weighted by Crippen LogP contribution is -2.52. The molecule has 0 bridgehead atoms. The van der Waals surface area contributed by atoms with Crippen LogP contribution in [0.1, 0.15) is 82.0 Å². The molecule has 1 saturated heterocycles. The third-order valence-electron chi connectivity index (χ3n) is 9.28. The number of sulfone groups is 1. The number of carbonyl (C=O) groups excluding carboxylic acids is 1. The maximum atomic E-state index is 13.1. The van der Waals surface area contributed by atoms with Crippen LogP contribution in [-0.4, -0.2) is 67.0 Å². The molecule has 1 aromatic heterocycles. The van der Waals surface area contributed by atoms with Gasteiger partial charge in [-0.1, -0.05) is 26.8 Å². The van der Waals surface area contributed by atoms with Crippen molar-refractivity contribution < 1.29 is 32.5 Å². The van der Waals surface area contributed by atoms with E-state index in [4.69, 9.17) is 19.2 Å². The van der Waals surface area contributed by atoms with E-state index in [1.807, 2.05) is 24.4 Å². The first kappa shape index (κ1) is 31.1. The van der Waals surface area contributed by atoms with Gasteiger partial charge in [0.25, 0.3) is 0 Å². The predicted molar refractivity (Wildman–Crippen MR) is 166 cm³/mol. The number of nitrogens with one attached hydrogen (secondary N) is 2. The molecular formula is C33H45N3O7S. The van der Waals surface area contributed by atoms with Crippen LogP contribution in [-0.2, 0) is 27.5 Å². The van der Waals surface area contributed by atoms with Crippen molar-refractivity contribution in [2.75, 3.05) is 24.8 Å². The van der Waals surface area contributed by atoms with Crippen molar-refractivity contribution in [3.05, 3.63) is 47.2 Å². The second kappa shape index (κ2) is 12.1. The van der Waals surface area contributed by atoms with Crippen LogP contribution in [0.4, 0.5) is 0 Å². The second-order valence-corrected chi connectivity index (χ2v) is 16.6. The monoisotopic (exact) mass is 627 g/mol. The Bertz CT molecular complexity index is 1480. The molecule has 4 atom stereocenters. The van der Waals surface area contributed by atoms with Crippen LogP contribution in [0.2, 0.25) is 0 Å². The first-order valence-corrected chi connectivity index (χ1v) is 17.7. The number of pyridine rings is 1. The zero-order chi connectivity index (χ0) is 31.1. The molecule has 1 aromatic carbocycles. The zero-order valence-corrected chi connectivity index (χ0v) is 26.8. The number of carbonyl (C=O) groups is 1. The highest BCUT2D eigenvalue weighted by Crippen LogP contribution is 2.48. The standard InChI is InChI=1S/C33H45N3O7S/c1-32(2,3)15-23-11-24-26(16-33(8-4-9-33)43-31(24)35-17-23)34-18-27(37)25(12-21-5-6-28-29(13-21)42-20-41-28)36-30(38)14-22-7-10-44(39,40)19-22/h5-6,11,13,17,22,25-27,34,37H,4,7-10,12,14-16,18-20H2,1-3H3,(H,36,38)/t22?,25-,26-,27+/m0/s1. The number of hydrogen-bond donors (Lipinski definition) is 3. The van der Waals surface area contributed by atoms with Crippen LogP contribution >= 0.6 is 0 Å². The molecule has 4 heterocycles. The van der Waals surface area contributed by atoms with Gasteiger partial charge in [-0.15, -0.1) is 0 Å². The molecule has 2 aromatic rings. The summed E-state index contributed by atoms with van der Waals surface area (Å²) >= 11 is 0. The Labute approximate surface area is 260 Å². The van der Waals surface area contributed by atoms with E-state index in [0.717, 1.165) is 48.8 Å². The number of ether oxygens (including phenoxy) is 3. The Hall–Kier alpha value is -2.89. The zero-order valence-electron chi connectivity index (χ0n) is 25.9. The molecule has 240 valence electrons. The van der Waals surface area contributed by atoms with Gasteiger partial charge >= 0.3 is 0 Å². The summed E-state index contributed by atoms with van der Waals surface area (Å²) in [6, 6.07) is 7.16. The van der Waals surface area contributed by atoms with Crippen LogP contribution < -0.4 is 24.8 Å². The summed E-state index contributed by atoms with van der Waals surface area (Å²) in [5.74, 6) is 1.68. The number of hydrogen-bond acceptors (Lipinski definition) is 9. The molecule has 44 heavy (non-hydrogen) atoms. The van der Waals surface area contributed by atoms with Gasteiger partial charge in [-0.2, -0.15) is 0 Å². The number of aromatic nitrogens is 1. The van der Waals surface area contributed by atoms with Crippen molar-refractivity contribution in [3.8, 4) is 17.4 Å². The normalized spacial score (nSPS) is 24.2. The Kier molecular flexibility index (Phi) is 8.58. The molecule has 3 N–H and O–H groups in total. The smallest absolute Gasteiger partial charge is 0.231 e. The Balaban J connectivity index is 1.18. The van der Waals surface area contributed by atoms with Crippen molar-refractivity contribution in [3.63, 3.8) is 0 Å². The van der Waals surface area contributed by atoms with Crippen LogP contribution in [0.15, 0.2) is 30.5 Å². The second-order valence-electron chi connectivity index (χ2n) is 14.4. The topological polar surface area (TPSA) is 136 Å². The molecule has 10 nitrogen and oxygen atoms in total. The van der Waals surface area contributed by atoms with Crippen molar-refractivity contribution in [2.45, 2.75) is 95.9 Å². The largest absolute Gasteiger partial charge is 0.471 e. The van der Waals surface area contributed by atoms with Gasteiger partial charge in [0.15, 0.2) is 21.3 Å². The quantitative estimate of drug-likeness (QED) is 0.361. The average molecular weight is 628 g/mol. The Morgan fingerprint density at radius 3 is 2.66 bits per heavy atom. The molecule has 1 spiro atoms. The van der Waals surface area contributed by atoms with Gasteiger partial charge in [0.2, 0.25) is 18.6 Å². The highest BCUT2D eigenvalue weighted by molar-refractivity contribution is 7.91. The van der Waals surface area contributed by atoms with Crippen molar-refractivity contribution >= 4 is 15.7 Å². The lowest BCUT2D eigenvalue weighted by molar-refractivity contribution is -0.123. The minimum atomic E-state index is -3.09. The lowest BCUT2D eigenvalue weighted by Gasteiger charge is -2.47. The van der Waals surface area contributed by atoms with E-state index in [2.05, 4.69) is 37.5 Å². The third-order valence-corrected chi connectivity index (χ3v) is 11.1. The summed E-state index contributed by atoms with van der Waals surface area (Å²) in [7, 11) is -3.09. The van der Waals surface area contributed by atoms with E-state index in [1.54, 1.807) is 0 Å². The van der Waals surface area contributed by atoms with Gasteiger partial charge in [-0.05, 0) is 79.2 Å². The van der Waals surface area contributed by atoms with Gasteiger partial charge in [0.05, 0.1) is 23.7 Å². The van der Waals surface area contributed by atoms with E-state index in [0.29, 0.717) is 30.2 Å². The number of nitrogens with zero attached hydrogens (tertiary/aromatic N) is 1. The summed E-state index contributed by atoms with van der Waals surface area (Å²) < 4.78 is 41.3. The maximum absolute atomic E-state index is 13.1. The van der Waals surface area contributed by atoms with Crippen molar-refractivity contribution in [2.24, 2.45) is 11.3 Å². The molecule has 4 aliphatic rings. The molecule has 1 amide bonds. The van der Waals surface area contributed by atoms with Crippen LogP contribution in [0.5, 0.6) is 17.4 Å². The number of rotatable bonds is 10. The SMILES string of the molecule is CC(C)(C)Cc1cnc2c(c1)[C@@H](NC[C@@H](O)[C@H](Cc1ccc3c(c1)OCO3)NC(=O)CC1CCS(=O)(=O)C1)CC1(CCC1)O2. The van der Waals surface area contributed by atoms with Gasteiger partial charge in [-0.25, -0.2) is 13.4 Å². The van der Waals surface area contributed by atoms with E-state index in [1.165, 1.54) is 0 Å². The minimum absolute atomic E-state index is 0.0352. The number of benzene rings is 1. The van der Waals surface area contributed by atoms with Crippen molar-refractivity contribution in [1.29, 1.82) is 0 Å². The van der Waals surface area contributed by atoms with E-state index < -0.39 is 22.0 Å². The minimum Gasteiger partial charge on any atom is -0.471 e. The lowest BCUT2D eigenvalue weighted by atomic mass is 9.73. The van der Waals surface area contributed by atoms with Crippen LogP contribution in [0.3, 0.4) is 0 Å². The van der Waals surface area contributed by atoms with E-state index in [9.17, 15) is 18.3 Å². The molecular weight excluding hydrogens is 582 g/mol. The summed E-state index contributed by atoms with van der Waals surface area (Å²) in [6.45, 7) is 7.03. The predicted octanol–water partition coefficient (Wildman–Crippen LogP) is 3.65. The highest BCUT2D eigenvalue weighted by atomic mass is 32.2. The summed E-state index contributed by atoms with van der Waals surface area (Å²) in [6.07, 6.45) is 6.77. The van der Waals surface area contributed by atoms with E-state index in [-0.39, 0.29) is 60.1 Å². The number of aliphatic hydroxyl groups is 1. The van der Waals surface area contributed by atoms with Gasteiger partial charge in [-0.3, -0.25) is 4.79 Å². The summed E-state index contributed by atoms with van der Waals surface area (Å²) in [5.41, 5.74) is 2.94. The van der Waals surface area contributed by atoms with Crippen LogP contribution in [0.25, 0.3) is 0 Å². The fourth-order valence-electron chi connectivity index (χ4n) is 6.92. The van der Waals surface area contributed by atoms with E-state index >= 15 is 0 Å². The number of aliphatic hydroxyl groups excluding tert-OH is 1. The van der Waals surface area contributed by atoms with Gasteiger partial charge < -0.3 is 30.0 Å². The molecule has 1 aliphatic carbocycles. The molecule has 11 heteroatoms. The first-order chi connectivity index (χ1) is 20.9. The van der Waals surface area contributed by atoms with Gasteiger partial charge in [0, 0.05) is 37.2 Å². The maximum Gasteiger partial charge on any atom is 0.231 e. The molecule has 1 saturated carbocycles. The summed E-state index contributed by atoms with van der Waals surface area (Å²) in [4.78, 5) is 17.9. The Morgan fingerprint density at radius 2 is 1.95 bits per heavy atom.